The van der Waals surface area contributed by atoms with E-state index in [1.807, 2.05) is 25.6 Å². The van der Waals surface area contributed by atoms with Crippen molar-refractivity contribution in [1.29, 1.82) is 0 Å². The summed E-state index contributed by atoms with van der Waals surface area (Å²) in [5.74, 6) is -0.391. The molecule has 0 aliphatic rings. The van der Waals surface area contributed by atoms with Crippen LogP contribution in [0.1, 0.15) is 143 Å². The van der Waals surface area contributed by atoms with Crippen LogP contribution in [0.3, 0.4) is 0 Å². The average molecular weight is 565 g/mol. The molecule has 0 fully saturated rings. The summed E-state index contributed by atoms with van der Waals surface area (Å²) in [4.78, 5) is 33.0. The van der Waals surface area contributed by atoms with Crippen LogP contribution < -0.4 is 4.89 Å². The molecule has 0 saturated carbocycles. The molecule has 0 saturated heterocycles. The topological polar surface area (TPSA) is 99.1 Å². The van der Waals surface area contributed by atoms with Crippen LogP contribution in [0.15, 0.2) is 0 Å². The molecule has 0 rings (SSSR count). The van der Waals surface area contributed by atoms with Crippen LogP contribution in [0.5, 0.6) is 0 Å². The van der Waals surface area contributed by atoms with Crippen molar-refractivity contribution >= 4 is 31.0 Å². The highest BCUT2D eigenvalue weighted by Gasteiger charge is 2.34. The zero-order chi connectivity index (χ0) is 27.7. The Hall–Kier alpha value is -0.170. The third-order valence-electron chi connectivity index (χ3n) is 6.66. The summed E-state index contributed by atoms with van der Waals surface area (Å²) in [6, 6.07) is 0. The molecule has 37 heavy (non-hydrogen) atoms. The SMILES string of the molecule is CCCCCCCCCCCSC(CCCCCCCCC)C(C)OC(OCCC)C(C(=O)O)=[P+]([O-])O. The van der Waals surface area contributed by atoms with Crippen molar-refractivity contribution in [2.24, 2.45) is 0 Å². The van der Waals surface area contributed by atoms with Crippen LogP contribution in [0.4, 0.5) is 0 Å². The lowest BCUT2D eigenvalue weighted by atomic mass is 10.1. The van der Waals surface area contributed by atoms with Crippen molar-refractivity contribution < 1.29 is 29.2 Å². The van der Waals surface area contributed by atoms with E-state index in [4.69, 9.17) is 9.47 Å². The Labute approximate surface area is 233 Å². The van der Waals surface area contributed by atoms with E-state index in [1.165, 1.54) is 96.3 Å². The second-order valence-electron chi connectivity index (χ2n) is 10.2. The average Bonchev–Trinajstić information content (AvgIpc) is 2.85. The summed E-state index contributed by atoms with van der Waals surface area (Å²) in [5.41, 5.74) is 0. The molecule has 0 aromatic rings. The lowest BCUT2D eigenvalue weighted by Crippen LogP contribution is -2.39. The number of carbonyl (C=O) groups is 1. The number of carboxylic acid groups (broad SMARTS) is 1. The van der Waals surface area contributed by atoms with Crippen molar-refractivity contribution in [3.8, 4) is 0 Å². The molecule has 4 atom stereocenters. The van der Waals surface area contributed by atoms with Gasteiger partial charge in [-0.3, -0.25) is 0 Å². The smallest absolute Gasteiger partial charge is 0.382 e. The normalized spacial score (nSPS) is 14.9. The number of unbranched alkanes of at least 4 members (excludes halogenated alkanes) is 14. The molecular formula is C29H57O6PS. The Bertz CT molecular complexity index is 571. The van der Waals surface area contributed by atoms with E-state index in [9.17, 15) is 19.7 Å². The van der Waals surface area contributed by atoms with Crippen LogP contribution in [-0.2, 0) is 14.3 Å². The van der Waals surface area contributed by atoms with Gasteiger partial charge in [-0.2, -0.15) is 16.7 Å². The lowest BCUT2D eigenvalue weighted by molar-refractivity contribution is -0.170. The van der Waals surface area contributed by atoms with Gasteiger partial charge in [0, 0.05) is 11.9 Å². The molecule has 4 unspecified atom stereocenters. The summed E-state index contributed by atoms with van der Waals surface area (Å²) < 4.78 is 11.6. The maximum atomic E-state index is 11.8. The molecule has 0 spiro atoms. The first kappa shape index (κ1) is 36.8. The fourth-order valence-electron chi connectivity index (χ4n) is 4.37. The molecule has 0 amide bonds. The predicted molar refractivity (Wildman–Crippen MR) is 158 cm³/mol. The minimum atomic E-state index is -3.05. The first-order valence-corrected chi connectivity index (χ1v) is 17.3. The van der Waals surface area contributed by atoms with E-state index in [0.29, 0.717) is 6.42 Å². The van der Waals surface area contributed by atoms with Crippen molar-refractivity contribution in [3.05, 3.63) is 0 Å². The standard InChI is InChI=1S/C29H57O6PS/c1-5-8-10-12-14-15-17-19-21-24-37-26(22-20-18-16-13-11-9-6-2)25(4)35-29(34-23-7-3)27(28(30)31)36(32)33/h25-26,29H,5-24H2,1-4H3,(H,30,31)(H,32,33). The Morgan fingerprint density at radius 2 is 1.30 bits per heavy atom. The zero-order valence-electron chi connectivity index (χ0n) is 24.3. The van der Waals surface area contributed by atoms with Gasteiger partial charge in [-0.25, -0.2) is 4.79 Å². The first-order chi connectivity index (χ1) is 17.9. The van der Waals surface area contributed by atoms with Crippen LogP contribution in [0.2, 0.25) is 0 Å². The van der Waals surface area contributed by atoms with Crippen LogP contribution >= 0.6 is 19.8 Å². The molecule has 0 bridgehead atoms. The van der Waals surface area contributed by atoms with Crippen LogP contribution in [0.25, 0.3) is 0 Å². The molecule has 0 aliphatic heterocycles. The number of hydrogen-bond acceptors (Lipinski definition) is 6. The third-order valence-corrected chi connectivity index (χ3v) is 9.04. The first-order valence-electron chi connectivity index (χ1n) is 15.0. The Morgan fingerprint density at radius 1 is 0.811 bits per heavy atom. The molecule has 220 valence electrons. The van der Waals surface area contributed by atoms with E-state index in [0.717, 1.165) is 18.6 Å². The second-order valence-corrected chi connectivity index (χ2v) is 12.5. The number of rotatable bonds is 27. The number of aliphatic carboxylic acids is 1. The monoisotopic (exact) mass is 564 g/mol. The number of hydrogen-bond donors (Lipinski definition) is 2. The van der Waals surface area contributed by atoms with E-state index < -0.39 is 25.6 Å². The number of ether oxygens (including phenoxy) is 2. The van der Waals surface area contributed by atoms with E-state index in [1.54, 1.807) is 0 Å². The molecule has 0 radical (unpaired) electrons. The summed E-state index contributed by atoms with van der Waals surface area (Å²) in [7, 11) is -3.05. The molecule has 0 aliphatic carbocycles. The van der Waals surface area contributed by atoms with Gasteiger partial charge in [-0.15, -0.1) is 0 Å². The maximum absolute atomic E-state index is 11.8. The van der Waals surface area contributed by atoms with Gasteiger partial charge >= 0.3 is 5.97 Å². The summed E-state index contributed by atoms with van der Waals surface area (Å²) in [6.07, 6.45) is 20.5. The van der Waals surface area contributed by atoms with Gasteiger partial charge < -0.3 is 19.5 Å². The van der Waals surface area contributed by atoms with Crippen LogP contribution in [-0.4, -0.2) is 51.3 Å². The third kappa shape index (κ3) is 20.4. The predicted octanol–water partition coefficient (Wildman–Crippen LogP) is 7.84. The highest BCUT2D eigenvalue weighted by Crippen LogP contribution is 2.27. The van der Waals surface area contributed by atoms with Crippen LogP contribution in [0, 0.1) is 0 Å². The van der Waals surface area contributed by atoms with E-state index in [2.05, 4.69) is 13.8 Å². The fraction of sp³-hybridized carbons (Fsp3) is 0.931. The van der Waals surface area contributed by atoms with Crippen molar-refractivity contribution in [2.75, 3.05) is 12.4 Å². The lowest BCUT2D eigenvalue weighted by Gasteiger charge is -2.27. The maximum Gasteiger partial charge on any atom is 0.382 e. The summed E-state index contributed by atoms with van der Waals surface area (Å²) in [6.45, 7) is 8.60. The van der Waals surface area contributed by atoms with Gasteiger partial charge in [0.05, 0.1) is 6.10 Å². The van der Waals surface area contributed by atoms with Crippen molar-refractivity contribution in [3.63, 3.8) is 0 Å². The van der Waals surface area contributed by atoms with Crippen molar-refractivity contribution in [2.45, 2.75) is 161 Å². The minimum absolute atomic E-state index is 0.198. The minimum Gasteiger partial charge on any atom is -0.603 e. The molecule has 0 heterocycles. The van der Waals surface area contributed by atoms with Crippen molar-refractivity contribution in [1.82, 2.24) is 0 Å². The van der Waals surface area contributed by atoms with Gasteiger partial charge in [0.1, 0.15) is 0 Å². The Balaban J connectivity index is 4.84. The van der Waals surface area contributed by atoms with Gasteiger partial charge in [-0.1, -0.05) is 117 Å². The Morgan fingerprint density at radius 3 is 1.76 bits per heavy atom. The highest BCUT2D eigenvalue weighted by atomic mass is 32.2. The highest BCUT2D eigenvalue weighted by molar-refractivity contribution is 7.99. The second kappa shape index (κ2) is 26.1. The number of carboxylic acids is 1. The van der Waals surface area contributed by atoms with E-state index >= 15 is 0 Å². The zero-order valence-corrected chi connectivity index (χ0v) is 26.0. The Kier molecular flexibility index (Phi) is 26.0. The molecule has 0 aromatic carbocycles. The van der Waals surface area contributed by atoms with Gasteiger partial charge in [-0.05, 0) is 31.9 Å². The fourth-order valence-corrected chi connectivity index (χ4v) is 6.19. The summed E-state index contributed by atoms with van der Waals surface area (Å²) >= 11 is 1.90. The summed E-state index contributed by atoms with van der Waals surface area (Å²) in [5, 5.41) is 9.08. The molecule has 2 N–H and O–H groups in total. The van der Waals surface area contributed by atoms with Gasteiger partial charge in [0.15, 0.2) is 0 Å². The quantitative estimate of drug-likeness (QED) is 0.0595. The number of thioether (sulfide) groups is 1. The van der Waals surface area contributed by atoms with E-state index in [-0.39, 0.29) is 18.0 Å². The molecular weight excluding hydrogens is 507 g/mol. The van der Waals surface area contributed by atoms with Gasteiger partial charge in [0.2, 0.25) is 14.3 Å². The molecule has 8 heteroatoms. The molecule has 6 nitrogen and oxygen atoms in total. The van der Waals surface area contributed by atoms with Gasteiger partial charge in [0.25, 0.3) is 5.29 Å². The largest absolute Gasteiger partial charge is 0.603 e. The molecule has 0 aromatic heterocycles.